The highest BCUT2D eigenvalue weighted by Gasteiger charge is 2.21. The molecular weight excluding hydrogens is 328 g/mol. The first kappa shape index (κ1) is 18.4. The van der Waals surface area contributed by atoms with Crippen molar-refractivity contribution in [2.75, 3.05) is 25.5 Å². The molecule has 0 saturated carbocycles. The maximum atomic E-state index is 12.6. The number of carbonyl (C=O) groups is 1. The summed E-state index contributed by atoms with van der Waals surface area (Å²) in [6.07, 6.45) is 10.9. The maximum Gasteiger partial charge on any atom is 0.222 e. The van der Waals surface area contributed by atoms with Crippen LogP contribution in [0.3, 0.4) is 0 Å². The lowest BCUT2D eigenvalue weighted by atomic mass is 9.95. The van der Waals surface area contributed by atoms with Crippen LogP contribution in [-0.4, -0.2) is 50.7 Å². The molecule has 1 saturated heterocycles. The average molecular weight is 356 g/mol. The summed E-state index contributed by atoms with van der Waals surface area (Å²) in [5.74, 6) is 1.62. The SMILES string of the molecule is CNc1cnc(C[C@H]2CCCN(C(=O)CCc3ccnn3C)CC2)cn1. The standard InChI is InChI=1S/C19H28N6O/c1-20-18-14-21-16(13-22-18)12-15-4-3-10-25(11-8-15)19(26)6-5-17-7-9-23-24(17)2/h7,9,13-15H,3-6,8,10-12H2,1-2H3,(H,20,22)/t15-/m0/s1. The van der Waals surface area contributed by atoms with Gasteiger partial charge in [-0.25, -0.2) is 4.98 Å². The monoisotopic (exact) mass is 356 g/mol. The van der Waals surface area contributed by atoms with Crippen molar-refractivity contribution in [3.05, 3.63) is 36.0 Å². The lowest BCUT2D eigenvalue weighted by Crippen LogP contribution is -2.32. The van der Waals surface area contributed by atoms with Crippen LogP contribution in [0.1, 0.15) is 37.1 Å². The summed E-state index contributed by atoms with van der Waals surface area (Å²) in [7, 11) is 3.76. The second kappa shape index (κ2) is 8.78. The second-order valence-corrected chi connectivity index (χ2v) is 6.97. The molecule has 1 atom stereocenters. The fraction of sp³-hybridized carbons (Fsp3) is 0.579. The van der Waals surface area contributed by atoms with Crippen LogP contribution in [0.4, 0.5) is 5.82 Å². The third-order valence-corrected chi connectivity index (χ3v) is 5.18. The van der Waals surface area contributed by atoms with Crippen LogP contribution >= 0.6 is 0 Å². The van der Waals surface area contributed by atoms with Crippen molar-refractivity contribution in [2.45, 2.75) is 38.5 Å². The minimum atomic E-state index is 0.255. The topological polar surface area (TPSA) is 75.9 Å². The number of aromatic nitrogens is 4. The second-order valence-electron chi connectivity index (χ2n) is 6.97. The molecule has 26 heavy (non-hydrogen) atoms. The number of nitrogens with zero attached hydrogens (tertiary/aromatic N) is 5. The number of hydrogen-bond acceptors (Lipinski definition) is 5. The summed E-state index contributed by atoms with van der Waals surface area (Å²) >= 11 is 0. The predicted octanol–water partition coefficient (Wildman–Crippen LogP) is 2.06. The summed E-state index contributed by atoms with van der Waals surface area (Å²) < 4.78 is 1.84. The minimum absolute atomic E-state index is 0.255. The van der Waals surface area contributed by atoms with E-state index in [9.17, 15) is 4.79 Å². The Bertz CT molecular complexity index is 711. The van der Waals surface area contributed by atoms with E-state index >= 15 is 0 Å². The highest BCUT2D eigenvalue weighted by atomic mass is 16.2. The normalized spacial score (nSPS) is 17.8. The van der Waals surface area contributed by atoms with E-state index in [4.69, 9.17) is 0 Å². The van der Waals surface area contributed by atoms with Crippen LogP contribution in [0.25, 0.3) is 0 Å². The summed E-state index contributed by atoms with van der Waals surface area (Å²) in [5, 5.41) is 7.15. The fourth-order valence-corrected chi connectivity index (χ4v) is 3.54. The van der Waals surface area contributed by atoms with Gasteiger partial charge in [-0.3, -0.25) is 14.5 Å². The van der Waals surface area contributed by atoms with Gasteiger partial charge in [-0.1, -0.05) is 0 Å². The molecule has 0 aliphatic carbocycles. The summed E-state index contributed by atoms with van der Waals surface area (Å²) in [6.45, 7) is 1.71. The Kier molecular flexibility index (Phi) is 6.20. The van der Waals surface area contributed by atoms with Crippen molar-refractivity contribution < 1.29 is 4.79 Å². The van der Waals surface area contributed by atoms with Gasteiger partial charge in [0, 0.05) is 45.5 Å². The molecule has 7 nitrogen and oxygen atoms in total. The van der Waals surface area contributed by atoms with E-state index in [1.165, 1.54) is 0 Å². The van der Waals surface area contributed by atoms with E-state index in [0.717, 1.165) is 62.4 Å². The smallest absolute Gasteiger partial charge is 0.222 e. The van der Waals surface area contributed by atoms with Gasteiger partial charge in [0.15, 0.2) is 0 Å². The van der Waals surface area contributed by atoms with E-state index in [0.29, 0.717) is 12.3 Å². The molecule has 0 aromatic carbocycles. The number of rotatable bonds is 6. The summed E-state index contributed by atoms with van der Waals surface area (Å²) in [5.41, 5.74) is 2.14. The minimum Gasteiger partial charge on any atom is -0.372 e. The van der Waals surface area contributed by atoms with E-state index < -0.39 is 0 Å². The molecule has 1 N–H and O–H groups in total. The van der Waals surface area contributed by atoms with E-state index in [-0.39, 0.29) is 5.91 Å². The van der Waals surface area contributed by atoms with Gasteiger partial charge in [0.1, 0.15) is 5.82 Å². The van der Waals surface area contributed by atoms with Gasteiger partial charge in [-0.05, 0) is 44.1 Å². The molecule has 7 heteroatoms. The number of hydrogen-bond donors (Lipinski definition) is 1. The lowest BCUT2D eigenvalue weighted by Gasteiger charge is -2.20. The quantitative estimate of drug-likeness (QED) is 0.857. The third kappa shape index (κ3) is 4.80. The molecule has 0 bridgehead atoms. The molecule has 2 aromatic heterocycles. The Hall–Kier alpha value is -2.44. The highest BCUT2D eigenvalue weighted by Crippen LogP contribution is 2.22. The molecule has 3 rings (SSSR count). The van der Waals surface area contributed by atoms with Crippen LogP contribution in [-0.2, 0) is 24.7 Å². The first-order valence-electron chi connectivity index (χ1n) is 9.39. The van der Waals surface area contributed by atoms with Gasteiger partial charge in [-0.15, -0.1) is 0 Å². The molecule has 1 fully saturated rings. The lowest BCUT2D eigenvalue weighted by molar-refractivity contribution is -0.131. The maximum absolute atomic E-state index is 12.6. The Morgan fingerprint density at radius 2 is 2.15 bits per heavy atom. The number of nitrogens with one attached hydrogen (secondary N) is 1. The molecule has 2 aromatic rings. The Morgan fingerprint density at radius 1 is 1.27 bits per heavy atom. The van der Waals surface area contributed by atoms with Gasteiger partial charge < -0.3 is 10.2 Å². The average Bonchev–Trinajstić information content (AvgIpc) is 2.92. The molecule has 0 spiro atoms. The van der Waals surface area contributed by atoms with E-state index in [2.05, 4.69) is 20.4 Å². The third-order valence-electron chi connectivity index (χ3n) is 5.18. The van der Waals surface area contributed by atoms with Crippen LogP contribution in [0.15, 0.2) is 24.7 Å². The highest BCUT2D eigenvalue weighted by molar-refractivity contribution is 5.76. The van der Waals surface area contributed by atoms with Crippen LogP contribution in [0.5, 0.6) is 0 Å². The number of carbonyl (C=O) groups excluding carboxylic acids is 1. The molecule has 0 unspecified atom stereocenters. The van der Waals surface area contributed by atoms with Crippen LogP contribution in [0.2, 0.25) is 0 Å². The molecular formula is C19H28N6O. The van der Waals surface area contributed by atoms with Gasteiger partial charge in [0.2, 0.25) is 5.91 Å². The largest absolute Gasteiger partial charge is 0.372 e. The summed E-state index contributed by atoms with van der Waals surface area (Å²) in [4.78, 5) is 23.4. The first-order chi connectivity index (χ1) is 12.7. The fourth-order valence-electron chi connectivity index (χ4n) is 3.54. The van der Waals surface area contributed by atoms with Crippen molar-refractivity contribution >= 4 is 11.7 Å². The van der Waals surface area contributed by atoms with Crippen LogP contribution < -0.4 is 5.32 Å². The molecule has 1 aliphatic heterocycles. The number of aryl methyl sites for hydroxylation is 2. The summed E-state index contributed by atoms with van der Waals surface area (Å²) in [6, 6.07) is 1.98. The van der Waals surface area contributed by atoms with Crippen molar-refractivity contribution in [1.29, 1.82) is 0 Å². The number of likely N-dealkylation sites (tertiary alicyclic amines) is 1. The Labute approximate surface area is 154 Å². The van der Waals surface area contributed by atoms with Gasteiger partial charge in [0.25, 0.3) is 0 Å². The zero-order chi connectivity index (χ0) is 18.4. The van der Waals surface area contributed by atoms with Gasteiger partial charge >= 0.3 is 0 Å². The Morgan fingerprint density at radius 3 is 2.85 bits per heavy atom. The van der Waals surface area contributed by atoms with Gasteiger partial charge in [-0.2, -0.15) is 5.10 Å². The first-order valence-corrected chi connectivity index (χ1v) is 9.39. The number of amides is 1. The zero-order valence-corrected chi connectivity index (χ0v) is 15.7. The van der Waals surface area contributed by atoms with Crippen molar-refractivity contribution in [3.8, 4) is 0 Å². The van der Waals surface area contributed by atoms with Crippen molar-refractivity contribution in [3.63, 3.8) is 0 Å². The van der Waals surface area contributed by atoms with Crippen molar-refractivity contribution in [1.82, 2.24) is 24.6 Å². The Balaban J connectivity index is 1.47. The van der Waals surface area contributed by atoms with E-state index in [1.54, 1.807) is 12.4 Å². The zero-order valence-electron chi connectivity index (χ0n) is 15.7. The molecule has 1 amide bonds. The molecule has 3 heterocycles. The van der Waals surface area contributed by atoms with Gasteiger partial charge in [0.05, 0.1) is 18.1 Å². The van der Waals surface area contributed by atoms with Crippen LogP contribution in [0, 0.1) is 5.92 Å². The molecule has 0 radical (unpaired) electrons. The number of anilines is 1. The van der Waals surface area contributed by atoms with Crippen molar-refractivity contribution in [2.24, 2.45) is 13.0 Å². The van der Waals surface area contributed by atoms with E-state index in [1.807, 2.05) is 35.9 Å². The molecule has 140 valence electrons. The predicted molar refractivity (Wildman–Crippen MR) is 101 cm³/mol. The molecule has 1 aliphatic rings.